The van der Waals surface area contributed by atoms with Crippen molar-refractivity contribution in [3.8, 4) is 34.1 Å². The van der Waals surface area contributed by atoms with E-state index in [0.29, 0.717) is 42.6 Å². The summed E-state index contributed by atoms with van der Waals surface area (Å²) in [6.07, 6.45) is 1.42. The van der Waals surface area contributed by atoms with Gasteiger partial charge in [0.2, 0.25) is 0 Å². The minimum absolute atomic E-state index is 0.0828. The summed E-state index contributed by atoms with van der Waals surface area (Å²) < 4.78 is 17.0. The molecule has 0 bridgehead atoms. The van der Waals surface area contributed by atoms with Crippen molar-refractivity contribution in [2.75, 3.05) is 34.4 Å². The molecule has 0 atom stereocenters. The molecule has 1 fully saturated rings. The van der Waals surface area contributed by atoms with Gasteiger partial charge in [0.05, 0.1) is 14.2 Å². The zero-order chi connectivity index (χ0) is 22.7. The molecule has 168 valence electrons. The Bertz CT molecular complexity index is 1070. The molecule has 8 nitrogen and oxygen atoms in total. The third-order valence-corrected chi connectivity index (χ3v) is 5.73. The Morgan fingerprint density at radius 3 is 2.38 bits per heavy atom. The Hall–Kier alpha value is -3.52. The van der Waals surface area contributed by atoms with E-state index < -0.39 is 6.03 Å². The summed E-state index contributed by atoms with van der Waals surface area (Å²) in [4.78, 5) is 18.5. The van der Waals surface area contributed by atoms with Crippen molar-refractivity contribution in [3.05, 3.63) is 54.4 Å². The van der Waals surface area contributed by atoms with Crippen molar-refractivity contribution in [1.82, 2.24) is 14.9 Å². The van der Waals surface area contributed by atoms with E-state index in [-0.39, 0.29) is 5.92 Å². The maximum absolute atomic E-state index is 12.0. The van der Waals surface area contributed by atoms with E-state index in [0.717, 1.165) is 28.3 Å². The first kappa shape index (κ1) is 21.7. The van der Waals surface area contributed by atoms with Gasteiger partial charge < -0.3 is 18.8 Å². The lowest BCUT2D eigenvalue weighted by molar-refractivity contribution is -0.0358. The second kappa shape index (κ2) is 9.32. The van der Waals surface area contributed by atoms with Crippen molar-refractivity contribution in [1.29, 1.82) is 0 Å². The number of benzene rings is 2. The second-order valence-electron chi connectivity index (χ2n) is 7.76. The summed E-state index contributed by atoms with van der Waals surface area (Å²) >= 11 is 0. The minimum Gasteiger partial charge on any atom is -0.497 e. The number of ether oxygens (including phenoxy) is 2. The molecule has 0 spiro atoms. The number of carbonyl (C=O) groups is 1. The maximum Gasteiger partial charge on any atom is 0.343 e. The van der Waals surface area contributed by atoms with Crippen molar-refractivity contribution in [2.24, 2.45) is 0 Å². The predicted octanol–water partition coefficient (Wildman–Crippen LogP) is 4.65. The summed E-state index contributed by atoms with van der Waals surface area (Å²) in [5.41, 5.74) is 2.55. The van der Waals surface area contributed by atoms with Gasteiger partial charge >= 0.3 is 6.03 Å². The zero-order valence-electron chi connectivity index (χ0n) is 18.4. The fraction of sp³-hybridized carbons (Fsp3) is 0.333. The Kier molecular flexibility index (Phi) is 6.32. The fourth-order valence-electron chi connectivity index (χ4n) is 3.94. The molecular formula is C24H27N3O5. The van der Waals surface area contributed by atoms with Gasteiger partial charge in [-0.1, -0.05) is 12.1 Å². The summed E-state index contributed by atoms with van der Waals surface area (Å²) in [6, 6.07) is 15.0. The van der Waals surface area contributed by atoms with Crippen LogP contribution in [0, 0.1) is 0 Å². The van der Waals surface area contributed by atoms with Crippen LogP contribution in [0.5, 0.6) is 11.5 Å². The number of hydrogen-bond donors (Lipinski definition) is 1. The number of piperidine rings is 1. The molecule has 4 rings (SSSR count). The van der Waals surface area contributed by atoms with Gasteiger partial charge in [-0.05, 0) is 49.2 Å². The van der Waals surface area contributed by atoms with E-state index in [1.54, 1.807) is 19.1 Å². The van der Waals surface area contributed by atoms with Crippen LogP contribution in [0.1, 0.15) is 24.7 Å². The number of aromatic nitrogens is 1. The first-order valence-corrected chi connectivity index (χ1v) is 10.5. The summed E-state index contributed by atoms with van der Waals surface area (Å²) in [5.74, 6) is 2.93. The number of likely N-dealkylation sites (tertiary alicyclic amines) is 1. The normalized spacial score (nSPS) is 14.3. The molecule has 0 unspecified atom stereocenters. The largest absolute Gasteiger partial charge is 0.497 e. The Balaban J connectivity index is 1.67. The highest BCUT2D eigenvalue weighted by molar-refractivity contribution is 5.78. The summed E-state index contributed by atoms with van der Waals surface area (Å²) in [7, 11) is 4.61. The quantitative estimate of drug-likeness (QED) is 0.462. The first-order chi connectivity index (χ1) is 15.5. The van der Waals surface area contributed by atoms with Crippen LogP contribution >= 0.6 is 0 Å². The zero-order valence-corrected chi connectivity index (χ0v) is 18.4. The van der Waals surface area contributed by atoms with E-state index in [4.69, 9.17) is 18.9 Å². The molecule has 1 saturated heterocycles. The molecule has 2 amide bonds. The van der Waals surface area contributed by atoms with E-state index in [2.05, 4.69) is 0 Å². The highest BCUT2D eigenvalue weighted by Crippen LogP contribution is 2.38. The molecule has 0 radical (unpaired) electrons. The molecule has 0 saturated carbocycles. The third kappa shape index (κ3) is 4.40. The lowest BCUT2D eigenvalue weighted by Gasteiger charge is -2.31. The smallest absolute Gasteiger partial charge is 0.343 e. The first-order valence-electron chi connectivity index (χ1n) is 10.5. The standard InChI is InChI=1S/C24H27N3O5/c1-26(29)24(28)27-13-11-17(12-14-27)23-25-21(18-5-4-6-20(15-18)31-3)22(32-23)16-7-9-19(30-2)10-8-16/h4-10,15,17,29H,11-14H2,1-3H3. The van der Waals surface area contributed by atoms with E-state index in [1.807, 2.05) is 48.5 Å². The lowest BCUT2D eigenvalue weighted by atomic mass is 9.97. The van der Waals surface area contributed by atoms with Crippen LogP contribution in [0.4, 0.5) is 4.79 Å². The Labute approximate surface area is 186 Å². The molecule has 2 heterocycles. The molecule has 1 aliphatic rings. The molecule has 1 aromatic heterocycles. The van der Waals surface area contributed by atoms with Gasteiger partial charge in [-0.25, -0.2) is 14.8 Å². The maximum atomic E-state index is 12.0. The topological polar surface area (TPSA) is 88.3 Å². The third-order valence-electron chi connectivity index (χ3n) is 5.73. The fourth-order valence-corrected chi connectivity index (χ4v) is 3.94. The van der Waals surface area contributed by atoms with Crippen LogP contribution in [0.25, 0.3) is 22.6 Å². The predicted molar refractivity (Wildman–Crippen MR) is 119 cm³/mol. The van der Waals surface area contributed by atoms with Crippen molar-refractivity contribution in [3.63, 3.8) is 0 Å². The van der Waals surface area contributed by atoms with E-state index in [9.17, 15) is 10.0 Å². The lowest BCUT2D eigenvalue weighted by Crippen LogP contribution is -2.43. The second-order valence-corrected chi connectivity index (χ2v) is 7.76. The number of oxazole rings is 1. The number of amides is 2. The number of methoxy groups -OCH3 is 2. The monoisotopic (exact) mass is 437 g/mol. The summed E-state index contributed by atoms with van der Waals surface area (Å²) in [5, 5.41) is 10.0. The van der Waals surface area contributed by atoms with Gasteiger partial charge in [0.1, 0.15) is 17.2 Å². The van der Waals surface area contributed by atoms with Crippen LogP contribution < -0.4 is 9.47 Å². The van der Waals surface area contributed by atoms with Gasteiger partial charge in [-0.3, -0.25) is 5.21 Å². The molecule has 1 aliphatic heterocycles. The number of rotatable bonds is 5. The number of urea groups is 1. The number of hydrogen-bond acceptors (Lipinski definition) is 6. The summed E-state index contributed by atoms with van der Waals surface area (Å²) in [6.45, 7) is 1.06. The van der Waals surface area contributed by atoms with Crippen LogP contribution in [-0.4, -0.2) is 60.5 Å². The van der Waals surface area contributed by atoms with Gasteiger partial charge in [-0.2, -0.15) is 0 Å². The van der Waals surface area contributed by atoms with Crippen molar-refractivity contribution >= 4 is 6.03 Å². The van der Waals surface area contributed by atoms with Crippen molar-refractivity contribution < 1.29 is 23.9 Å². The van der Waals surface area contributed by atoms with Gasteiger partial charge in [0.25, 0.3) is 0 Å². The number of hydroxylamine groups is 2. The molecule has 32 heavy (non-hydrogen) atoms. The molecule has 0 aliphatic carbocycles. The van der Waals surface area contributed by atoms with Gasteiger partial charge in [-0.15, -0.1) is 0 Å². The van der Waals surface area contributed by atoms with Crippen LogP contribution in [0.15, 0.2) is 52.9 Å². The average Bonchev–Trinajstić information content (AvgIpc) is 3.29. The van der Waals surface area contributed by atoms with E-state index in [1.165, 1.54) is 7.05 Å². The highest BCUT2D eigenvalue weighted by Gasteiger charge is 2.29. The minimum atomic E-state index is -0.396. The van der Waals surface area contributed by atoms with E-state index >= 15 is 0 Å². The average molecular weight is 437 g/mol. The van der Waals surface area contributed by atoms with Crippen molar-refractivity contribution in [2.45, 2.75) is 18.8 Å². The molecule has 8 heteroatoms. The molecule has 3 aromatic rings. The number of nitrogens with zero attached hydrogens (tertiary/aromatic N) is 3. The van der Waals surface area contributed by atoms with Crippen LogP contribution in [-0.2, 0) is 0 Å². The van der Waals surface area contributed by atoms with Gasteiger partial charge in [0, 0.05) is 37.2 Å². The Morgan fingerprint density at radius 1 is 1.06 bits per heavy atom. The van der Waals surface area contributed by atoms with Crippen LogP contribution in [0.3, 0.4) is 0 Å². The molecular weight excluding hydrogens is 410 g/mol. The molecule has 1 N–H and O–H groups in total. The molecule has 2 aromatic carbocycles. The number of carbonyl (C=O) groups excluding carboxylic acids is 1. The SMILES string of the molecule is COc1ccc(-c2oc(C3CCN(C(=O)N(C)O)CC3)nc2-c2cccc(OC)c2)cc1. The Morgan fingerprint density at radius 2 is 1.75 bits per heavy atom. The van der Waals surface area contributed by atoms with Crippen LogP contribution in [0.2, 0.25) is 0 Å². The highest BCUT2D eigenvalue weighted by atomic mass is 16.5. The van der Waals surface area contributed by atoms with Gasteiger partial charge in [0.15, 0.2) is 11.7 Å².